The zero-order chi connectivity index (χ0) is 18.5. The number of benzene rings is 3. The lowest BCUT2D eigenvalue weighted by molar-refractivity contribution is -0.384. The first-order valence-corrected chi connectivity index (χ1v) is 8.14. The van der Waals surface area contributed by atoms with Gasteiger partial charge in [-0.2, -0.15) is 0 Å². The molecule has 3 aromatic carbocycles. The van der Waals surface area contributed by atoms with E-state index in [1.165, 1.54) is 24.3 Å². The maximum absolute atomic E-state index is 13.1. The smallest absolute Gasteiger partial charge is 0.269 e. The molecule has 26 heavy (non-hydrogen) atoms. The lowest BCUT2D eigenvalue weighted by atomic mass is 9.83. The molecule has 0 fully saturated rings. The van der Waals surface area contributed by atoms with Gasteiger partial charge in [0, 0.05) is 17.7 Å². The third-order valence-electron chi connectivity index (χ3n) is 4.26. The fourth-order valence-electron chi connectivity index (χ4n) is 2.91. The number of nitro groups is 1. The minimum absolute atomic E-state index is 0.0633. The second kappa shape index (κ2) is 7.72. The van der Waals surface area contributed by atoms with Crippen molar-refractivity contribution in [3.63, 3.8) is 0 Å². The Morgan fingerprint density at radius 1 is 0.808 bits per heavy atom. The molecule has 0 heterocycles. The zero-order valence-corrected chi connectivity index (χ0v) is 13.9. The van der Waals surface area contributed by atoms with Crippen LogP contribution in [-0.4, -0.2) is 15.8 Å². The normalized spacial score (nSPS) is 13.0. The predicted octanol–water partition coefficient (Wildman–Crippen LogP) is 4.29. The fourth-order valence-corrected chi connectivity index (χ4v) is 2.91. The van der Waals surface area contributed by atoms with Crippen LogP contribution in [0.25, 0.3) is 0 Å². The number of rotatable bonds is 6. The maximum atomic E-state index is 13.1. The molecule has 0 unspecified atom stereocenters. The number of aliphatic hydroxyl groups is 1. The second-order valence-corrected chi connectivity index (χ2v) is 5.91. The van der Waals surface area contributed by atoms with Crippen LogP contribution in [-0.2, 0) is 0 Å². The first kappa shape index (κ1) is 17.5. The standard InChI is InChI=1S/C21H17NO4/c23-20(16-9-5-2-6-10-16)19(15-7-3-1-4-8-15)21(24)17-11-13-18(14-12-17)22(25)26/h1-14,19,21,24H/t19-,21+/m0/s1. The number of hydrogen-bond acceptors (Lipinski definition) is 4. The van der Waals surface area contributed by atoms with E-state index in [4.69, 9.17) is 0 Å². The molecule has 0 aliphatic carbocycles. The van der Waals surface area contributed by atoms with Crippen LogP contribution in [0.15, 0.2) is 84.9 Å². The molecule has 0 aromatic heterocycles. The summed E-state index contributed by atoms with van der Waals surface area (Å²) in [5, 5.41) is 21.7. The van der Waals surface area contributed by atoms with Crippen LogP contribution in [0.5, 0.6) is 0 Å². The highest BCUT2D eigenvalue weighted by Crippen LogP contribution is 2.34. The number of carbonyl (C=O) groups is 1. The molecule has 0 aliphatic rings. The number of hydrogen-bond donors (Lipinski definition) is 1. The van der Waals surface area contributed by atoms with E-state index in [0.717, 1.165) is 0 Å². The molecule has 0 saturated carbocycles. The van der Waals surface area contributed by atoms with Crippen LogP contribution in [0.3, 0.4) is 0 Å². The van der Waals surface area contributed by atoms with Crippen LogP contribution >= 0.6 is 0 Å². The zero-order valence-electron chi connectivity index (χ0n) is 13.9. The van der Waals surface area contributed by atoms with Crippen LogP contribution < -0.4 is 0 Å². The molecule has 0 aliphatic heterocycles. The number of carbonyl (C=O) groups excluding carboxylic acids is 1. The molecule has 1 N–H and O–H groups in total. The van der Waals surface area contributed by atoms with E-state index in [0.29, 0.717) is 16.7 Å². The average Bonchev–Trinajstić information content (AvgIpc) is 2.69. The van der Waals surface area contributed by atoms with Crippen molar-refractivity contribution in [1.29, 1.82) is 0 Å². The van der Waals surface area contributed by atoms with Crippen molar-refractivity contribution in [2.45, 2.75) is 12.0 Å². The largest absolute Gasteiger partial charge is 0.387 e. The van der Waals surface area contributed by atoms with Gasteiger partial charge in [0.15, 0.2) is 5.78 Å². The monoisotopic (exact) mass is 347 g/mol. The van der Waals surface area contributed by atoms with Crippen LogP contribution in [0.1, 0.15) is 33.5 Å². The lowest BCUT2D eigenvalue weighted by Gasteiger charge is -2.23. The van der Waals surface area contributed by atoms with E-state index in [2.05, 4.69) is 0 Å². The van der Waals surface area contributed by atoms with Gasteiger partial charge < -0.3 is 5.11 Å². The van der Waals surface area contributed by atoms with Gasteiger partial charge in [0.2, 0.25) is 0 Å². The van der Waals surface area contributed by atoms with Crippen LogP contribution in [0, 0.1) is 10.1 Å². The summed E-state index contributed by atoms with van der Waals surface area (Å²) in [7, 11) is 0. The molecule has 0 saturated heterocycles. The van der Waals surface area contributed by atoms with Crippen molar-refractivity contribution in [3.05, 3.63) is 112 Å². The van der Waals surface area contributed by atoms with Gasteiger partial charge in [-0.1, -0.05) is 60.7 Å². The van der Waals surface area contributed by atoms with Crippen molar-refractivity contribution in [2.24, 2.45) is 0 Å². The van der Waals surface area contributed by atoms with Gasteiger partial charge in [-0.25, -0.2) is 0 Å². The summed E-state index contributed by atoms with van der Waals surface area (Å²) in [6.45, 7) is 0. The predicted molar refractivity (Wildman–Crippen MR) is 98.0 cm³/mol. The molecule has 0 spiro atoms. The molecule has 130 valence electrons. The van der Waals surface area contributed by atoms with Crippen molar-refractivity contribution >= 4 is 11.5 Å². The average molecular weight is 347 g/mol. The summed E-state index contributed by atoms with van der Waals surface area (Å²) in [6, 6.07) is 23.4. The van der Waals surface area contributed by atoms with Gasteiger partial charge in [-0.15, -0.1) is 0 Å². The Hall–Kier alpha value is -3.31. The van der Waals surface area contributed by atoms with Crippen molar-refractivity contribution in [2.75, 3.05) is 0 Å². The summed E-state index contributed by atoms with van der Waals surface area (Å²) < 4.78 is 0. The molecule has 0 amide bonds. The second-order valence-electron chi connectivity index (χ2n) is 5.91. The van der Waals surface area contributed by atoms with Crippen molar-refractivity contribution in [1.82, 2.24) is 0 Å². The Morgan fingerprint density at radius 2 is 1.35 bits per heavy atom. The highest BCUT2D eigenvalue weighted by Gasteiger charge is 2.30. The highest BCUT2D eigenvalue weighted by molar-refractivity contribution is 6.01. The number of nitrogens with zero attached hydrogens (tertiary/aromatic N) is 1. The first-order chi connectivity index (χ1) is 12.6. The summed E-state index contributed by atoms with van der Waals surface area (Å²) in [4.78, 5) is 23.4. The summed E-state index contributed by atoms with van der Waals surface area (Å²) in [5.74, 6) is -1.01. The number of aliphatic hydroxyl groups excluding tert-OH is 1. The summed E-state index contributed by atoms with van der Waals surface area (Å²) in [5.41, 5.74) is 1.58. The van der Waals surface area contributed by atoms with E-state index < -0.39 is 16.9 Å². The lowest BCUT2D eigenvalue weighted by Crippen LogP contribution is -2.21. The van der Waals surface area contributed by atoms with E-state index in [1.54, 1.807) is 36.4 Å². The Labute approximate surface area is 150 Å². The SMILES string of the molecule is O=C(c1ccccc1)[C@H](c1ccccc1)[C@H](O)c1ccc([N+](=O)[O-])cc1. The van der Waals surface area contributed by atoms with Gasteiger partial charge >= 0.3 is 0 Å². The molecule has 0 bridgehead atoms. The van der Waals surface area contributed by atoms with Crippen LogP contribution in [0.4, 0.5) is 5.69 Å². The molecule has 3 rings (SSSR count). The molecular formula is C21H17NO4. The maximum Gasteiger partial charge on any atom is 0.269 e. The van der Waals surface area contributed by atoms with Crippen molar-refractivity contribution < 1.29 is 14.8 Å². The molecule has 5 nitrogen and oxygen atoms in total. The Bertz CT molecular complexity index is 892. The minimum Gasteiger partial charge on any atom is -0.387 e. The first-order valence-electron chi connectivity index (χ1n) is 8.14. The number of Topliss-reactive ketones (excluding diaryl/α,β-unsaturated/α-hetero) is 1. The highest BCUT2D eigenvalue weighted by atomic mass is 16.6. The number of nitro benzene ring substituents is 1. The summed E-state index contributed by atoms with van der Waals surface area (Å²) >= 11 is 0. The van der Waals surface area contributed by atoms with Gasteiger partial charge in [-0.3, -0.25) is 14.9 Å². The van der Waals surface area contributed by atoms with Gasteiger partial charge in [0.05, 0.1) is 16.9 Å². The van der Waals surface area contributed by atoms with Gasteiger partial charge in [0.25, 0.3) is 5.69 Å². The topological polar surface area (TPSA) is 80.4 Å². The fraction of sp³-hybridized carbons (Fsp3) is 0.0952. The molecule has 5 heteroatoms. The van der Waals surface area contributed by atoms with E-state index >= 15 is 0 Å². The molecule has 2 atom stereocenters. The number of non-ortho nitro benzene ring substituents is 1. The van der Waals surface area contributed by atoms with E-state index in [9.17, 15) is 20.0 Å². The molecular weight excluding hydrogens is 330 g/mol. The number of ketones is 1. The molecule has 3 aromatic rings. The van der Waals surface area contributed by atoms with Gasteiger partial charge in [0.1, 0.15) is 0 Å². The third kappa shape index (κ3) is 3.68. The van der Waals surface area contributed by atoms with Crippen molar-refractivity contribution in [3.8, 4) is 0 Å². The Kier molecular flexibility index (Phi) is 5.20. The Balaban J connectivity index is 2.00. The minimum atomic E-state index is -1.12. The molecule has 0 radical (unpaired) electrons. The quantitative estimate of drug-likeness (QED) is 0.410. The third-order valence-corrected chi connectivity index (χ3v) is 4.26. The van der Waals surface area contributed by atoms with Crippen LogP contribution in [0.2, 0.25) is 0 Å². The van der Waals surface area contributed by atoms with Gasteiger partial charge in [-0.05, 0) is 23.3 Å². The van der Waals surface area contributed by atoms with E-state index in [1.807, 2.05) is 24.3 Å². The Morgan fingerprint density at radius 3 is 1.88 bits per heavy atom. The van der Waals surface area contributed by atoms with E-state index in [-0.39, 0.29) is 11.5 Å². The summed E-state index contributed by atoms with van der Waals surface area (Å²) in [6.07, 6.45) is -1.12.